The fourth-order valence-corrected chi connectivity index (χ4v) is 3.90. The zero-order valence-electron chi connectivity index (χ0n) is 13.1. The van der Waals surface area contributed by atoms with Crippen molar-refractivity contribution in [1.29, 1.82) is 0 Å². The third-order valence-electron chi connectivity index (χ3n) is 4.81. The summed E-state index contributed by atoms with van der Waals surface area (Å²) in [5, 5.41) is 10.4. The van der Waals surface area contributed by atoms with Gasteiger partial charge in [0, 0.05) is 6.10 Å². The fourth-order valence-electron chi connectivity index (χ4n) is 2.52. The van der Waals surface area contributed by atoms with Gasteiger partial charge in [0.2, 0.25) is 0 Å². The van der Waals surface area contributed by atoms with Gasteiger partial charge >= 0.3 is 0 Å². The van der Waals surface area contributed by atoms with Gasteiger partial charge in [0.25, 0.3) is 0 Å². The molecule has 1 unspecified atom stereocenters. The first-order valence-electron chi connectivity index (χ1n) is 7.53. The van der Waals surface area contributed by atoms with E-state index in [9.17, 15) is 5.11 Å². The number of aliphatic hydroxyl groups excluding tert-OH is 1. The van der Waals surface area contributed by atoms with Gasteiger partial charge in [-0.2, -0.15) is 0 Å². The molecule has 1 rings (SSSR count). The molecule has 1 saturated carbocycles. The minimum atomic E-state index is -1.67. The molecular formula is C15H32O2Si. The molecule has 3 atom stereocenters. The van der Waals surface area contributed by atoms with Crippen LogP contribution in [0.3, 0.4) is 0 Å². The third kappa shape index (κ3) is 4.07. The van der Waals surface area contributed by atoms with Crippen LogP contribution in [0.2, 0.25) is 18.1 Å². The highest BCUT2D eigenvalue weighted by molar-refractivity contribution is 6.74. The Balaban J connectivity index is 2.51. The maximum atomic E-state index is 10.1. The van der Waals surface area contributed by atoms with E-state index in [0.717, 1.165) is 19.3 Å². The Kier molecular flexibility index (Phi) is 5.45. The zero-order valence-corrected chi connectivity index (χ0v) is 14.1. The van der Waals surface area contributed by atoms with Crippen molar-refractivity contribution in [2.24, 2.45) is 5.92 Å². The molecule has 0 amide bonds. The molecule has 0 aromatic carbocycles. The maximum Gasteiger partial charge on any atom is 0.192 e. The molecule has 0 radical (unpaired) electrons. The molecule has 0 aliphatic heterocycles. The van der Waals surface area contributed by atoms with E-state index in [1.807, 2.05) is 0 Å². The van der Waals surface area contributed by atoms with Crippen LogP contribution in [0.15, 0.2) is 0 Å². The smallest absolute Gasteiger partial charge is 0.192 e. The van der Waals surface area contributed by atoms with Crippen LogP contribution in [0.25, 0.3) is 0 Å². The van der Waals surface area contributed by atoms with Gasteiger partial charge in [0.1, 0.15) is 0 Å². The number of hydrogen-bond acceptors (Lipinski definition) is 2. The molecule has 1 aliphatic rings. The van der Waals surface area contributed by atoms with Crippen LogP contribution < -0.4 is 0 Å². The fraction of sp³-hybridized carbons (Fsp3) is 1.00. The summed E-state index contributed by atoms with van der Waals surface area (Å²) in [6.45, 7) is 13.7. The van der Waals surface area contributed by atoms with Crippen LogP contribution in [-0.4, -0.2) is 25.6 Å². The lowest BCUT2D eigenvalue weighted by Crippen LogP contribution is -2.43. The Morgan fingerprint density at radius 3 is 2.33 bits per heavy atom. The normalized spacial score (nSPS) is 29.8. The Bertz CT molecular complexity index is 258. The van der Waals surface area contributed by atoms with Crippen LogP contribution >= 0.6 is 0 Å². The van der Waals surface area contributed by atoms with Crippen LogP contribution in [-0.2, 0) is 4.43 Å². The monoisotopic (exact) mass is 272 g/mol. The lowest BCUT2D eigenvalue weighted by Gasteiger charge is -2.38. The Labute approximate surface area is 114 Å². The molecule has 1 N–H and O–H groups in total. The van der Waals surface area contributed by atoms with Gasteiger partial charge in [-0.1, -0.05) is 40.5 Å². The summed E-state index contributed by atoms with van der Waals surface area (Å²) >= 11 is 0. The molecule has 0 spiro atoms. The second kappa shape index (κ2) is 6.06. The van der Waals surface area contributed by atoms with Crippen LogP contribution in [0.1, 0.15) is 59.8 Å². The van der Waals surface area contributed by atoms with Crippen molar-refractivity contribution in [1.82, 2.24) is 0 Å². The summed E-state index contributed by atoms with van der Waals surface area (Å²) < 4.78 is 6.42. The molecule has 1 aliphatic carbocycles. The predicted octanol–water partition coefficient (Wildman–Crippen LogP) is 4.34. The van der Waals surface area contributed by atoms with Crippen molar-refractivity contribution in [3.8, 4) is 0 Å². The second-order valence-corrected chi connectivity index (χ2v) is 12.2. The van der Waals surface area contributed by atoms with Crippen molar-refractivity contribution in [3.63, 3.8) is 0 Å². The van der Waals surface area contributed by atoms with Crippen LogP contribution in [0, 0.1) is 5.92 Å². The lowest BCUT2D eigenvalue weighted by molar-refractivity contribution is 0.117. The van der Waals surface area contributed by atoms with E-state index in [4.69, 9.17) is 4.43 Å². The standard InChI is InChI=1S/C15H32O2Si/c1-7-8-9-12-10-13(11-14(12)16)17-18(5,6)15(2,3)4/h12-14,16H,7-11H2,1-6H3/t12-,13?,14+/m1/s1. The Hall–Kier alpha value is 0.137. The predicted molar refractivity (Wildman–Crippen MR) is 80.3 cm³/mol. The maximum absolute atomic E-state index is 10.1. The van der Waals surface area contributed by atoms with Crippen molar-refractivity contribution in [2.45, 2.75) is 90.1 Å². The Morgan fingerprint density at radius 1 is 1.22 bits per heavy atom. The summed E-state index contributed by atoms with van der Waals surface area (Å²) in [6, 6.07) is 0. The van der Waals surface area contributed by atoms with E-state index in [0.29, 0.717) is 12.0 Å². The van der Waals surface area contributed by atoms with Gasteiger partial charge in [-0.3, -0.25) is 0 Å². The molecule has 2 nitrogen and oxygen atoms in total. The number of unbranched alkanes of at least 4 members (excludes halogenated alkanes) is 1. The largest absolute Gasteiger partial charge is 0.414 e. The van der Waals surface area contributed by atoms with E-state index >= 15 is 0 Å². The second-order valence-electron chi connectivity index (χ2n) is 7.44. The SMILES string of the molecule is CCCC[C@@H]1CC(O[Si](C)(C)C(C)(C)C)C[C@@H]1O. The van der Waals surface area contributed by atoms with Gasteiger partial charge in [0.15, 0.2) is 8.32 Å². The van der Waals surface area contributed by atoms with Gasteiger partial charge in [0.05, 0.1) is 6.10 Å². The topological polar surface area (TPSA) is 29.5 Å². The number of aliphatic hydroxyl groups is 1. The average Bonchev–Trinajstić information content (AvgIpc) is 2.53. The van der Waals surface area contributed by atoms with Crippen molar-refractivity contribution in [3.05, 3.63) is 0 Å². The van der Waals surface area contributed by atoms with E-state index in [1.165, 1.54) is 12.8 Å². The van der Waals surface area contributed by atoms with Gasteiger partial charge in [-0.05, 0) is 43.3 Å². The quantitative estimate of drug-likeness (QED) is 0.755. The van der Waals surface area contributed by atoms with Crippen molar-refractivity contribution in [2.75, 3.05) is 0 Å². The summed E-state index contributed by atoms with van der Waals surface area (Å²) in [5.74, 6) is 0.472. The number of hydrogen-bond donors (Lipinski definition) is 1. The zero-order chi connectivity index (χ0) is 14.0. The molecule has 0 aromatic rings. The minimum absolute atomic E-state index is 0.133. The summed E-state index contributed by atoms with van der Waals surface area (Å²) in [6.07, 6.45) is 5.68. The molecule has 18 heavy (non-hydrogen) atoms. The molecule has 3 heteroatoms. The molecule has 0 aromatic heterocycles. The first-order valence-corrected chi connectivity index (χ1v) is 10.4. The van der Waals surface area contributed by atoms with Crippen molar-refractivity contribution < 1.29 is 9.53 Å². The van der Waals surface area contributed by atoms with E-state index < -0.39 is 8.32 Å². The van der Waals surface area contributed by atoms with E-state index in [-0.39, 0.29) is 11.1 Å². The number of rotatable bonds is 5. The molecule has 1 fully saturated rings. The highest BCUT2D eigenvalue weighted by Gasteiger charge is 2.42. The lowest BCUT2D eigenvalue weighted by atomic mass is 9.99. The van der Waals surface area contributed by atoms with Gasteiger partial charge < -0.3 is 9.53 Å². The molecule has 0 heterocycles. The highest BCUT2D eigenvalue weighted by Crippen LogP contribution is 2.41. The third-order valence-corrected chi connectivity index (χ3v) is 9.35. The highest BCUT2D eigenvalue weighted by atomic mass is 28.4. The van der Waals surface area contributed by atoms with Crippen LogP contribution in [0.5, 0.6) is 0 Å². The summed E-state index contributed by atoms with van der Waals surface area (Å²) in [4.78, 5) is 0. The van der Waals surface area contributed by atoms with Crippen LogP contribution in [0.4, 0.5) is 0 Å². The minimum Gasteiger partial charge on any atom is -0.414 e. The molecule has 0 saturated heterocycles. The van der Waals surface area contributed by atoms with E-state index in [2.05, 4.69) is 40.8 Å². The van der Waals surface area contributed by atoms with Gasteiger partial charge in [-0.25, -0.2) is 0 Å². The van der Waals surface area contributed by atoms with E-state index in [1.54, 1.807) is 0 Å². The molecule has 108 valence electrons. The van der Waals surface area contributed by atoms with Crippen molar-refractivity contribution >= 4 is 8.32 Å². The first-order chi connectivity index (χ1) is 8.17. The molecular weight excluding hydrogens is 240 g/mol. The summed E-state index contributed by atoms with van der Waals surface area (Å²) in [5.41, 5.74) is 0. The molecule has 0 bridgehead atoms. The average molecular weight is 273 g/mol. The Morgan fingerprint density at radius 2 is 1.83 bits per heavy atom. The summed E-state index contributed by atoms with van der Waals surface area (Å²) in [7, 11) is -1.67. The first kappa shape index (κ1) is 16.2. The van der Waals surface area contributed by atoms with Gasteiger partial charge in [-0.15, -0.1) is 0 Å².